The fourth-order valence-corrected chi connectivity index (χ4v) is 4.79. The van der Waals surface area contributed by atoms with Crippen LogP contribution >= 0.6 is 0 Å². The van der Waals surface area contributed by atoms with Crippen LogP contribution in [0.4, 0.5) is 5.69 Å². The second kappa shape index (κ2) is 9.82. The quantitative estimate of drug-likeness (QED) is 0.421. The van der Waals surface area contributed by atoms with Crippen molar-refractivity contribution in [3.63, 3.8) is 0 Å². The van der Waals surface area contributed by atoms with Crippen molar-refractivity contribution in [2.75, 3.05) is 5.32 Å². The molecule has 5 heteroatoms. The van der Waals surface area contributed by atoms with Gasteiger partial charge in [-0.3, -0.25) is 4.79 Å². The summed E-state index contributed by atoms with van der Waals surface area (Å²) >= 11 is 0. The molecule has 34 heavy (non-hydrogen) atoms. The number of benzene rings is 3. The number of anilines is 1. The molecule has 1 atom stereocenters. The number of hydrogen-bond acceptors (Lipinski definition) is 4. The molecular weight excluding hydrogens is 426 g/mol. The maximum Gasteiger partial charge on any atom is 0.338 e. The first kappa shape index (κ1) is 23.7. The topological polar surface area (TPSA) is 75.6 Å². The first-order valence-electron chi connectivity index (χ1n) is 11.7. The van der Waals surface area contributed by atoms with Gasteiger partial charge in [-0.2, -0.15) is 0 Å². The molecule has 0 saturated carbocycles. The Morgan fingerprint density at radius 1 is 1.00 bits per heavy atom. The van der Waals surface area contributed by atoms with Crippen LogP contribution in [0.15, 0.2) is 78.9 Å². The highest BCUT2D eigenvalue weighted by Gasteiger charge is 2.37. The summed E-state index contributed by atoms with van der Waals surface area (Å²) in [6.07, 6.45) is 1.56. The smallest absolute Gasteiger partial charge is 0.338 e. The number of amides is 1. The van der Waals surface area contributed by atoms with Crippen LogP contribution in [0.25, 0.3) is 0 Å². The third-order valence-corrected chi connectivity index (χ3v) is 6.51. The summed E-state index contributed by atoms with van der Waals surface area (Å²) in [7, 11) is 0. The van der Waals surface area contributed by atoms with Gasteiger partial charge >= 0.3 is 5.97 Å². The SMILES string of the molecule is CC(C)(CC(O)(CCc1ccccc1)CC(=O)Nc1ccc2c(c1)COC2=O)c1ccccc1. The molecule has 1 unspecified atom stereocenters. The molecule has 0 aliphatic carbocycles. The van der Waals surface area contributed by atoms with E-state index in [2.05, 4.69) is 31.3 Å². The second-order valence-electron chi connectivity index (χ2n) is 9.81. The Balaban J connectivity index is 1.51. The number of carbonyl (C=O) groups is 2. The summed E-state index contributed by atoms with van der Waals surface area (Å²) in [4.78, 5) is 24.7. The van der Waals surface area contributed by atoms with E-state index in [-0.39, 0.29) is 30.3 Å². The lowest BCUT2D eigenvalue weighted by Crippen LogP contribution is -2.40. The van der Waals surface area contributed by atoms with Crippen molar-refractivity contribution in [1.82, 2.24) is 0 Å². The van der Waals surface area contributed by atoms with Gasteiger partial charge in [-0.1, -0.05) is 74.5 Å². The Bertz CT molecular complexity index is 1160. The van der Waals surface area contributed by atoms with E-state index in [9.17, 15) is 14.7 Å². The number of cyclic esters (lactones) is 1. The van der Waals surface area contributed by atoms with Crippen molar-refractivity contribution in [2.45, 2.75) is 57.2 Å². The number of esters is 1. The zero-order valence-corrected chi connectivity index (χ0v) is 19.7. The van der Waals surface area contributed by atoms with Gasteiger partial charge in [-0.25, -0.2) is 4.79 Å². The zero-order chi connectivity index (χ0) is 24.2. The van der Waals surface area contributed by atoms with E-state index >= 15 is 0 Å². The highest BCUT2D eigenvalue weighted by Crippen LogP contribution is 2.36. The summed E-state index contributed by atoms with van der Waals surface area (Å²) in [6, 6.07) is 25.2. The van der Waals surface area contributed by atoms with E-state index in [0.29, 0.717) is 30.5 Å². The van der Waals surface area contributed by atoms with E-state index in [0.717, 1.165) is 16.7 Å². The number of carbonyl (C=O) groups excluding carboxylic acids is 2. The van der Waals surface area contributed by atoms with Crippen LogP contribution in [0.3, 0.4) is 0 Å². The maximum atomic E-state index is 13.1. The van der Waals surface area contributed by atoms with Gasteiger partial charge in [0.2, 0.25) is 5.91 Å². The van der Waals surface area contributed by atoms with Crippen LogP contribution in [0.2, 0.25) is 0 Å². The molecule has 3 aromatic carbocycles. The van der Waals surface area contributed by atoms with Crippen LogP contribution in [-0.2, 0) is 28.0 Å². The van der Waals surface area contributed by atoms with Crippen LogP contribution in [0.1, 0.15) is 60.2 Å². The minimum absolute atomic E-state index is 0.0252. The molecule has 0 spiro atoms. The zero-order valence-electron chi connectivity index (χ0n) is 19.7. The molecule has 1 aliphatic rings. The lowest BCUT2D eigenvalue weighted by molar-refractivity contribution is -0.122. The third-order valence-electron chi connectivity index (χ3n) is 6.51. The van der Waals surface area contributed by atoms with E-state index in [1.165, 1.54) is 0 Å². The van der Waals surface area contributed by atoms with Crippen molar-refractivity contribution in [1.29, 1.82) is 0 Å². The fourth-order valence-electron chi connectivity index (χ4n) is 4.79. The number of aryl methyl sites for hydroxylation is 1. The monoisotopic (exact) mass is 457 g/mol. The molecule has 5 nitrogen and oxygen atoms in total. The fraction of sp³-hybridized carbons (Fsp3) is 0.310. The lowest BCUT2D eigenvalue weighted by Gasteiger charge is -2.37. The summed E-state index contributed by atoms with van der Waals surface area (Å²) in [6.45, 7) is 4.42. The number of hydrogen-bond donors (Lipinski definition) is 2. The largest absolute Gasteiger partial charge is 0.457 e. The van der Waals surface area contributed by atoms with Crippen LogP contribution in [0, 0.1) is 0 Å². The lowest BCUT2D eigenvalue weighted by atomic mass is 9.72. The first-order chi connectivity index (χ1) is 16.2. The minimum atomic E-state index is -1.20. The molecule has 1 amide bonds. The average molecular weight is 458 g/mol. The molecule has 0 fully saturated rings. The van der Waals surface area contributed by atoms with Gasteiger partial charge in [0.1, 0.15) is 6.61 Å². The number of ether oxygens (including phenoxy) is 1. The van der Waals surface area contributed by atoms with Crippen molar-refractivity contribution in [3.8, 4) is 0 Å². The maximum absolute atomic E-state index is 13.1. The minimum Gasteiger partial charge on any atom is -0.457 e. The molecule has 0 saturated heterocycles. The first-order valence-corrected chi connectivity index (χ1v) is 11.7. The Labute approximate surface area is 200 Å². The van der Waals surface area contributed by atoms with Gasteiger partial charge in [0.25, 0.3) is 0 Å². The molecule has 0 aromatic heterocycles. The molecule has 1 aliphatic heterocycles. The molecule has 0 bridgehead atoms. The van der Waals surface area contributed by atoms with Crippen LogP contribution in [-0.4, -0.2) is 22.6 Å². The Kier molecular flexibility index (Phi) is 6.85. The number of nitrogens with one attached hydrogen (secondary N) is 1. The Morgan fingerprint density at radius 3 is 2.38 bits per heavy atom. The standard InChI is InChI=1S/C29H31NO4/c1-28(2,23-11-7-4-8-12-23)20-29(33,16-15-21-9-5-3-6-10-21)18-26(31)30-24-13-14-25-22(17-24)19-34-27(25)32/h3-14,17,33H,15-16,18-20H2,1-2H3,(H,30,31). The van der Waals surface area contributed by atoms with Gasteiger partial charge in [-0.15, -0.1) is 0 Å². The van der Waals surface area contributed by atoms with Crippen LogP contribution in [0.5, 0.6) is 0 Å². The number of rotatable bonds is 9. The van der Waals surface area contributed by atoms with E-state index in [1.807, 2.05) is 48.5 Å². The van der Waals surface area contributed by atoms with Gasteiger partial charge in [-0.05, 0) is 54.0 Å². The van der Waals surface area contributed by atoms with Gasteiger partial charge in [0, 0.05) is 11.3 Å². The van der Waals surface area contributed by atoms with E-state index < -0.39 is 5.60 Å². The van der Waals surface area contributed by atoms with Crippen molar-refractivity contribution in [2.24, 2.45) is 0 Å². The average Bonchev–Trinajstić information content (AvgIpc) is 3.18. The molecule has 0 radical (unpaired) electrons. The van der Waals surface area contributed by atoms with Gasteiger partial charge < -0.3 is 15.2 Å². The van der Waals surface area contributed by atoms with Crippen molar-refractivity contribution >= 4 is 17.6 Å². The summed E-state index contributed by atoms with van der Waals surface area (Å²) in [5.74, 6) is -0.601. The van der Waals surface area contributed by atoms with Crippen molar-refractivity contribution < 1.29 is 19.4 Å². The predicted molar refractivity (Wildman–Crippen MR) is 133 cm³/mol. The highest BCUT2D eigenvalue weighted by atomic mass is 16.5. The summed E-state index contributed by atoms with van der Waals surface area (Å²) in [5, 5.41) is 14.7. The Morgan fingerprint density at radius 2 is 1.68 bits per heavy atom. The molecule has 2 N–H and O–H groups in total. The molecule has 4 rings (SSSR count). The predicted octanol–water partition coefficient (Wildman–Crippen LogP) is 5.42. The Hall–Kier alpha value is -3.44. The molecular formula is C29H31NO4. The third kappa shape index (κ3) is 5.72. The number of fused-ring (bicyclic) bond motifs is 1. The normalized spacial score (nSPS) is 14.7. The molecule has 3 aromatic rings. The van der Waals surface area contributed by atoms with Crippen molar-refractivity contribution in [3.05, 3.63) is 101 Å². The van der Waals surface area contributed by atoms with E-state index in [4.69, 9.17) is 4.74 Å². The van der Waals surface area contributed by atoms with Gasteiger partial charge in [0.15, 0.2) is 0 Å². The molecule has 176 valence electrons. The van der Waals surface area contributed by atoms with E-state index in [1.54, 1.807) is 18.2 Å². The van der Waals surface area contributed by atoms with Gasteiger partial charge in [0.05, 0.1) is 17.6 Å². The summed E-state index contributed by atoms with van der Waals surface area (Å²) < 4.78 is 5.04. The molecule has 1 heterocycles. The summed E-state index contributed by atoms with van der Waals surface area (Å²) in [5.41, 5.74) is 2.61. The highest BCUT2D eigenvalue weighted by molar-refractivity contribution is 5.96. The second-order valence-corrected chi connectivity index (χ2v) is 9.81. The number of aliphatic hydroxyl groups is 1. The van der Waals surface area contributed by atoms with Crippen LogP contribution < -0.4 is 5.32 Å².